The highest BCUT2D eigenvalue weighted by Crippen LogP contribution is 2.34. The van der Waals surface area contributed by atoms with Gasteiger partial charge in [-0.2, -0.15) is 12.6 Å². The summed E-state index contributed by atoms with van der Waals surface area (Å²) in [6.07, 6.45) is 7.35. The summed E-state index contributed by atoms with van der Waals surface area (Å²) in [5.74, 6) is 1.73. The molecule has 0 amide bonds. The molecule has 1 rings (SSSR count). The molecule has 108 valence electrons. The highest BCUT2D eigenvalue weighted by Gasteiger charge is 2.32. The second-order valence-electron chi connectivity index (χ2n) is 6.06. The molecule has 1 fully saturated rings. The zero-order valence-corrected chi connectivity index (χ0v) is 13.1. The summed E-state index contributed by atoms with van der Waals surface area (Å²) >= 11 is 4.64. The van der Waals surface area contributed by atoms with Gasteiger partial charge in [0.05, 0.1) is 0 Å². The number of likely N-dealkylation sites (tertiary alicyclic amines) is 1. The summed E-state index contributed by atoms with van der Waals surface area (Å²) in [6, 6.07) is 0. The average Bonchev–Trinajstić information content (AvgIpc) is 2.77. The molecule has 0 aliphatic carbocycles. The minimum absolute atomic E-state index is 0.347. The number of hydrogen-bond donors (Lipinski definition) is 2. The van der Waals surface area contributed by atoms with E-state index in [1.807, 2.05) is 0 Å². The van der Waals surface area contributed by atoms with Gasteiger partial charge >= 0.3 is 0 Å². The van der Waals surface area contributed by atoms with Crippen LogP contribution in [0.5, 0.6) is 0 Å². The summed E-state index contributed by atoms with van der Waals surface area (Å²) < 4.78 is 0. The molecule has 0 aromatic heterocycles. The van der Waals surface area contributed by atoms with Gasteiger partial charge < -0.3 is 10.0 Å². The van der Waals surface area contributed by atoms with Crippen molar-refractivity contribution in [1.29, 1.82) is 0 Å². The fourth-order valence-electron chi connectivity index (χ4n) is 3.50. The maximum Gasteiger partial charge on any atom is 0.0434 e. The van der Waals surface area contributed by atoms with Gasteiger partial charge in [0.15, 0.2) is 0 Å². The van der Waals surface area contributed by atoms with Crippen molar-refractivity contribution in [2.75, 3.05) is 32.0 Å². The van der Waals surface area contributed by atoms with E-state index in [-0.39, 0.29) is 0 Å². The summed E-state index contributed by atoms with van der Waals surface area (Å²) in [4.78, 5) is 2.61. The maximum atomic E-state index is 9.03. The van der Waals surface area contributed by atoms with Crippen molar-refractivity contribution in [3.63, 3.8) is 0 Å². The van der Waals surface area contributed by atoms with Crippen LogP contribution in [0.3, 0.4) is 0 Å². The van der Waals surface area contributed by atoms with Gasteiger partial charge in [0.2, 0.25) is 0 Å². The van der Waals surface area contributed by atoms with Crippen LogP contribution in [0.15, 0.2) is 0 Å². The quantitative estimate of drug-likeness (QED) is 0.630. The molecular formula is C15H31NOS. The Kier molecular flexibility index (Phi) is 7.66. The molecule has 1 unspecified atom stereocenters. The first kappa shape index (κ1) is 16.3. The van der Waals surface area contributed by atoms with Crippen molar-refractivity contribution < 1.29 is 5.11 Å². The number of nitrogens with zero attached hydrogens (tertiary/aromatic N) is 1. The highest BCUT2D eigenvalue weighted by molar-refractivity contribution is 7.80. The minimum Gasteiger partial charge on any atom is -0.396 e. The number of aliphatic hydroxyl groups excluding tert-OH is 1. The molecule has 0 radical (unpaired) electrons. The molecule has 1 aliphatic rings. The van der Waals surface area contributed by atoms with Gasteiger partial charge in [0.1, 0.15) is 0 Å². The van der Waals surface area contributed by atoms with Gasteiger partial charge in [0, 0.05) is 19.7 Å². The van der Waals surface area contributed by atoms with E-state index >= 15 is 0 Å². The van der Waals surface area contributed by atoms with Crippen LogP contribution < -0.4 is 0 Å². The number of thiol groups is 1. The van der Waals surface area contributed by atoms with Crippen molar-refractivity contribution in [2.24, 2.45) is 11.3 Å². The van der Waals surface area contributed by atoms with Crippen LogP contribution in [-0.2, 0) is 0 Å². The molecule has 3 heteroatoms. The van der Waals surface area contributed by atoms with E-state index in [1.165, 1.54) is 51.7 Å². The molecule has 18 heavy (non-hydrogen) atoms. The van der Waals surface area contributed by atoms with Gasteiger partial charge in [-0.15, -0.1) is 0 Å². The SMILES string of the molecule is CCCC(CS)(CCC)CN1CCC(CCO)C1. The van der Waals surface area contributed by atoms with Gasteiger partial charge in [-0.25, -0.2) is 0 Å². The summed E-state index contributed by atoms with van der Waals surface area (Å²) in [5, 5.41) is 9.03. The fraction of sp³-hybridized carbons (Fsp3) is 1.00. The average molecular weight is 273 g/mol. The third-order valence-corrected chi connectivity index (χ3v) is 5.03. The van der Waals surface area contributed by atoms with Crippen LogP contribution in [0.25, 0.3) is 0 Å². The first-order valence-corrected chi connectivity index (χ1v) is 8.27. The van der Waals surface area contributed by atoms with Crippen molar-refractivity contribution in [3.8, 4) is 0 Å². The summed E-state index contributed by atoms with van der Waals surface area (Å²) in [7, 11) is 0. The molecule has 1 atom stereocenters. The second kappa shape index (κ2) is 8.44. The van der Waals surface area contributed by atoms with E-state index in [0.29, 0.717) is 12.0 Å². The van der Waals surface area contributed by atoms with Gasteiger partial charge in [-0.05, 0) is 49.3 Å². The number of rotatable bonds is 9. The molecule has 0 saturated carbocycles. The Hall–Kier alpha value is 0.270. The lowest BCUT2D eigenvalue weighted by atomic mass is 9.80. The van der Waals surface area contributed by atoms with E-state index in [9.17, 15) is 0 Å². The maximum absolute atomic E-state index is 9.03. The molecule has 1 aliphatic heterocycles. The van der Waals surface area contributed by atoms with Crippen molar-refractivity contribution >= 4 is 12.6 Å². The molecule has 1 saturated heterocycles. The lowest BCUT2D eigenvalue weighted by Crippen LogP contribution is -2.38. The molecule has 0 bridgehead atoms. The van der Waals surface area contributed by atoms with Crippen LogP contribution >= 0.6 is 12.6 Å². The van der Waals surface area contributed by atoms with Gasteiger partial charge in [-0.1, -0.05) is 26.7 Å². The van der Waals surface area contributed by atoms with Crippen LogP contribution in [0.2, 0.25) is 0 Å². The van der Waals surface area contributed by atoms with Crippen molar-refractivity contribution in [2.45, 2.75) is 52.4 Å². The zero-order valence-electron chi connectivity index (χ0n) is 12.2. The molecule has 0 aromatic carbocycles. The third-order valence-electron chi connectivity index (χ3n) is 4.36. The van der Waals surface area contributed by atoms with Gasteiger partial charge in [-0.3, -0.25) is 0 Å². The highest BCUT2D eigenvalue weighted by atomic mass is 32.1. The Bertz CT molecular complexity index is 217. The molecule has 0 spiro atoms. The predicted octanol–water partition coefficient (Wildman–Crippen LogP) is 3.21. The lowest BCUT2D eigenvalue weighted by Gasteiger charge is -2.36. The Morgan fingerprint density at radius 3 is 2.44 bits per heavy atom. The van der Waals surface area contributed by atoms with Crippen LogP contribution in [0, 0.1) is 11.3 Å². The number of aliphatic hydroxyl groups is 1. The van der Waals surface area contributed by atoms with E-state index in [2.05, 4.69) is 31.4 Å². The largest absolute Gasteiger partial charge is 0.396 e. The molecule has 2 nitrogen and oxygen atoms in total. The van der Waals surface area contributed by atoms with E-state index in [4.69, 9.17) is 5.11 Å². The zero-order chi connectivity index (χ0) is 13.4. The summed E-state index contributed by atoms with van der Waals surface area (Å²) in [5.41, 5.74) is 0.417. The van der Waals surface area contributed by atoms with Crippen LogP contribution in [-0.4, -0.2) is 42.0 Å². The first-order valence-electron chi connectivity index (χ1n) is 7.63. The lowest BCUT2D eigenvalue weighted by molar-refractivity contribution is 0.162. The Morgan fingerprint density at radius 1 is 1.28 bits per heavy atom. The standard InChI is InChI=1S/C15H31NOS/c1-3-7-15(13-18,8-4-2)12-16-9-5-14(11-16)6-10-17/h14,17-18H,3-13H2,1-2H3. The molecular weight excluding hydrogens is 242 g/mol. The smallest absolute Gasteiger partial charge is 0.0434 e. The molecule has 1 heterocycles. The normalized spacial score (nSPS) is 21.7. The van der Waals surface area contributed by atoms with Crippen molar-refractivity contribution in [3.05, 3.63) is 0 Å². The fourth-order valence-corrected chi connectivity index (χ4v) is 3.92. The third kappa shape index (κ3) is 4.75. The summed E-state index contributed by atoms with van der Waals surface area (Å²) in [6.45, 7) is 8.52. The number of hydrogen-bond acceptors (Lipinski definition) is 3. The van der Waals surface area contributed by atoms with E-state index in [0.717, 1.165) is 18.1 Å². The van der Waals surface area contributed by atoms with E-state index in [1.54, 1.807) is 0 Å². The van der Waals surface area contributed by atoms with Crippen LogP contribution in [0.4, 0.5) is 0 Å². The Balaban J connectivity index is 2.50. The molecule has 1 N–H and O–H groups in total. The monoisotopic (exact) mass is 273 g/mol. The predicted molar refractivity (Wildman–Crippen MR) is 82.4 cm³/mol. The Morgan fingerprint density at radius 2 is 1.94 bits per heavy atom. The Labute approximate surface area is 119 Å². The van der Waals surface area contributed by atoms with Gasteiger partial charge in [0.25, 0.3) is 0 Å². The topological polar surface area (TPSA) is 23.5 Å². The first-order chi connectivity index (χ1) is 8.69. The minimum atomic E-state index is 0.347. The van der Waals surface area contributed by atoms with E-state index < -0.39 is 0 Å². The second-order valence-corrected chi connectivity index (χ2v) is 6.38. The molecule has 0 aromatic rings. The van der Waals surface area contributed by atoms with Crippen LogP contribution in [0.1, 0.15) is 52.4 Å². The van der Waals surface area contributed by atoms with Crippen molar-refractivity contribution in [1.82, 2.24) is 4.90 Å².